The number of hydrogen-bond acceptors (Lipinski definition) is 4. The Bertz CT molecular complexity index is 576. The summed E-state index contributed by atoms with van der Waals surface area (Å²) >= 11 is 0. The molecular formula is C17H19NO3. The minimum atomic E-state index is -0.318. The van der Waals surface area contributed by atoms with Crippen molar-refractivity contribution in [3.8, 4) is 5.75 Å². The van der Waals surface area contributed by atoms with Crippen molar-refractivity contribution < 1.29 is 14.6 Å². The van der Waals surface area contributed by atoms with Crippen LogP contribution in [-0.4, -0.2) is 24.7 Å². The van der Waals surface area contributed by atoms with Crippen LogP contribution >= 0.6 is 0 Å². The topological polar surface area (TPSA) is 58.6 Å². The van der Waals surface area contributed by atoms with E-state index in [0.29, 0.717) is 5.56 Å². The first-order valence-corrected chi connectivity index (χ1v) is 6.85. The third-order valence-electron chi connectivity index (χ3n) is 3.23. The van der Waals surface area contributed by atoms with Crippen molar-refractivity contribution in [1.82, 2.24) is 5.32 Å². The quantitative estimate of drug-likeness (QED) is 0.632. The van der Waals surface area contributed by atoms with E-state index in [9.17, 15) is 9.90 Å². The summed E-state index contributed by atoms with van der Waals surface area (Å²) in [6.07, 6.45) is 0.903. The lowest BCUT2D eigenvalue weighted by atomic mass is 10.1. The maximum atomic E-state index is 11.3. The number of ether oxygens (including phenoxy) is 1. The average molecular weight is 285 g/mol. The molecular weight excluding hydrogens is 266 g/mol. The second-order valence-electron chi connectivity index (χ2n) is 4.78. The summed E-state index contributed by atoms with van der Waals surface area (Å²) in [4.78, 5) is 11.3. The number of hydrogen-bond donors (Lipinski definition) is 2. The lowest BCUT2D eigenvalue weighted by Crippen LogP contribution is -2.16. The van der Waals surface area contributed by atoms with Gasteiger partial charge >= 0.3 is 5.97 Å². The van der Waals surface area contributed by atoms with Gasteiger partial charge in [0.05, 0.1) is 12.7 Å². The van der Waals surface area contributed by atoms with Crippen molar-refractivity contribution in [1.29, 1.82) is 0 Å². The molecule has 0 aliphatic heterocycles. The zero-order valence-corrected chi connectivity index (χ0v) is 12.0. The van der Waals surface area contributed by atoms with Crippen LogP contribution in [-0.2, 0) is 17.7 Å². The first kappa shape index (κ1) is 15.1. The van der Waals surface area contributed by atoms with Gasteiger partial charge in [-0.15, -0.1) is 0 Å². The molecule has 0 radical (unpaired) electrons. The van der Waals surface area contributed by atoms with Crippen LogP contribution in [0, 0.1) is 0 Å². The molecule has 0 aliphatic carbocycles. The third kappa shape index (κ3) is 4.61. The number of phenolic OH excluding ortho intramolecular Hbond substituents is 1. The van der Waals surface area contributed by atoms with Crippen molar-refractivity contribution in [2.24, 2.45) is 0 Å². The van der Waals surface area contributed by atoms with Gasteiger partial charge in [-0.1, -0.05) is 24.3 Å². The van der Waals surface area contributed by atoms with E-state index in [4.69, 9.17) is 0 Å². The molecule has 0 fully saturated rings. The van der Waals surface area contributed by atoms with Gasteiger partial charge in [-0.25, -0.2) is 4.79 Å². The molecule has 0 amide bonds. The van der Waals surface area contributed by atoms with Gasteiger partial charge in [-0.05, 0) is 48.4 Å². The Hall–Kier alpha value is -2.33. The first-order valence-electron chi connectivity index (χ1n) is 6.85. The Labute approximate surface area is 124 Å². The van der Waals surface area contributed by atoms with Gasteiger partial charge < -0.3 is 15.2 Å². The molecule has 0 spiro atoms. The Balaban J connectivity index is 1.75. The molecule has 2 aromatic rings. The van der Waals surface area contributed by atoms with Crippen molar-refractivity contribution >= 4 is 5.97 Å². The van der Waals surface area contributed by atoms with E-state index in [1.807, 2.05) is 24.3 Å². The molecule has 4 heteroatoms. The molecule has 0 saturated heterocycles. The predicted molar refractivity (Wildman–Crippen MR) is 81.3 cm³/mol. The van der Waals surface area contributed by atoms with E-state index in [1.165, 1.54) is 12.7 Å². The fourth-order valence-electron chi connectivity index (χ4n) is 2.00. The van der Waals surface area contributed by atoms with Gasteiger partial charge in [0, 0.05) is 6.54 Å². The third-order valence-corrected chi connectivity index (χ3v) is 3.23. The van der Waals surface area contributed by atoms with Crippen LogP contribution in [0.15, 0.2) is 48.5 Å². The molecule has 2 N–H and O–H groups in total. The fraction of sp³-hybridized carbons (Fsp3) is 0.235. The van der Waals surface area contributed by atoms with Crippen LogP contribution in [0.2, 0.25) is 0 Å². The van der Waals surface area contributed by atoms with E-state index >= 15 is 0 Å². The summed E-state index contributed by atoms with van der Waals surface area (Å²) in [7, 11) is 1.38. The first-order chi connectivity index (χ1) is 10.2. The molecule has 0 aliphatic rings. The molecule has 4 nitrogen and oxygen atoms in total. The highest BCUT2D eigenvalue weighted by atomic mass is 16.5. The monoisotopic (exact) mass is 285 g/mol. The van der Waals surface area contributed by atoms with Gasteiger partial charge in [-0.3, -0.25) is 0 Å². The van der Waals surface area contributed by atoms with E-state index in [0.717, 1.165) is 25.1 Å². The molecule has 0 aromatic heterocycles. The summed E-state index contributed by atoms with van der Waals surface area (Å²) in [6.45, 7) is 1.60. The number of methoxy groups -OCH3 is 1. The Morgan fingerprint density at radius 2 is 1.67 bits per heavy atom. The lowest BCUT2D eigenvalue weighted by Gasteiger charge is -2.06. The number of phenols is 1. The molecule has 110 valence electrons. The molecule has 0 saturated carbocycles. The zero-order chi connectivity index (χ0) is 15.1. The number of benzene rings is 2. The Morgan fingerprint density at radius 1 is 1.05 bits per heavy atom. The molecule has 21 heavy (non-hydrogen) atoms. The molecule has 0 atom stereocenters. The van der Waals surface area contributed by atoms with Crippen LogP contribution < -0.4 is 5.32 Å². The van der Waals surface area contributed by atoms with Gasteiger partial charge in [0.2, 0.25) is 0 Å². The van der Waals surface area contributed by atoms with E-state index in [1.54, 1.807) is 24.3 Å². The number of esters is 1. The second kappa shape index (κ2) is 7.45. The summed E-state index contributed by atoms with van der Waals surface area (Å²) < 4.78 is 4.66. The predicted octanol–water partition coefficient (Wildman–Crippen LogP) is 2.51. The van der Waals surface area contributed by atoms with Crippen molar-refractivity contribution in [3.05, 3.63) is 65.2 Å². The molecule has 0 bridgehead atoms. The number of aromatic hydroxyl groups is 1. The summed E-state index contributed by atoms with van der Waals surface area (Å²) in [6, 6.07) is 14.6. The number of carbonyl (C=O) groups excluding carboxylic acids is 1. The van der Waals surface area contributed by atoms with Crippen molar-refractivity contribution in [2.45, 2.75) is 13.0 Å². The number of rotatable bonds is 6. The van der Waals surface area contributed by atoms with Crippen LogP contribution in [0.4, 0.5) is 0 Å². The SMILES string of the molecule is COC(=O)c1ccc(CNCCc2ccc(O)cc2)cc1. The Kier molecular flexibility index (Phi) is 5.35. The molecule has 0 heterocycles. The van der Waals surface area contributed by atoms with E-state index in [2.05, 4.69) is 10.1 Å². The minimum absolute atomic E-state index is 0.289. The van der Waals surface area contributed by atoms with Gasteiger partial charge in [0.15, 0.2) is 0 Å². The van der Waals surface area contributed by atoms with Gasteiger partial charge in [0.25, 0.3) is 0 Å². The van der Waals surface area contributed by atoms with Gasteiger partial charge in [0.1, 0.15) is 5.75 Å². The van der Waals surface area contributed by atoms with E-state index in [-0.39, 0.29) is 11.7 Å². The largest absolute Gasteiger partial charge is 0.508 e. The molecule has 2 aromatic carbocycles. The van der Waals surface area contributed by atoms with E-state index < -0.39 is 0 Å². The van der Waals surface area contributed by atoms with Crippen LogP contribution in [0.25, 0.3) is 0 Å². The van der Waals surface area contributed by atoms with Gasteiger partial charge in [-0.2, -0.15) is 0 Å². The number of nitrogens with one attached hydrogen (secondary N) is 1. The summed E-state index contributed by atoms with van der Waals surface area (Å²) in [5.74, 6) is -0.0285. The smallest absolute Gasteiger partial charge is 0.337 e. The second-order valence-corrected chi connectivity index (χ2v) is 4.78. The normalized spacial score (nSPS) is 10.3. The highest BCUT2D eigenvalue weighted by Crippen LogP contribution is 2.10. The zero-order valence-electron chi connectivity index (χ0n) is 12.0. The lowest BCUT2D eigenvalue weighted by molar-refractivity contribution is 0.0600. The van der Waals surface area contributed by atoms with Crippen LogP contribution in [0.1, 0.15) is 21.5 Å². The molecule has 2 rings (SSSR count). The highest BCUT2D eigenvalue weighted by molar-refractivity contribution is 5.89. The maximum Gasteiger partial charge on any atom is 0.337 e. The number of carbonyl (C=O) groups is 1. The standard InChI is InChI=1S/C17H19NO3/c1-21-17(20)15-6-2-14(3-7-15)12-18-11-10-13-4-8-16(19)9-5-13/h2-9,18-19H,10-12H2,1H3. The van der Waals surface area contributed by atoms with Crippen LogP contribution in [0.3, 0.4) is 0 Å². The summed E-state index contributed by atoms with van der Waals surface area (Å²) in [5.41, 5.74) is 2.86. The molecule has 0 unspecified atom stereocenters. The maximum absolute atomic E-state index is 11.3. The Morgan fingerprint density at radius 3 is 2.29 bits per heavy atom. The summed E-state index contributed by atoms with van der Waals surface area (Å²) in [5, 5.41) is 12.6. The van der Waals surface area contributed by atoms with Crippen molar-refractivity contribution in [2.75, 3.05) is 13.7 Å². The fourth-order valence-corrected chi connectivity index (χ4v) is 2.00. The minimum Gasteiger partial charge on any atom is -0.508 e. The van der Waals surface area contributed by atoms with Crippen LogP contribution in [0.5, 0.6) is 5.75 Å². The average Bonchev–Trinajstić information content (AvgIpc) is 2.53. The van der Waals surface area contributed by atoms with Crippen molar-refractivity contribution in [3.63, 3.8) is 0 Å². The highest BCUT2D eigenvalue weighted by Gasteiger charge is 2.03.